The van der Waals surface area contributed by atoms with Gasteiger partial charge in [0.2, 0.25) is 0 Å². The molecule has 0 saturated carbocycles. The van der Waals surface area contributed by atoms with Gasteiger partial charge in [-0.05, 0) is 38.5 Å². The van der Waals surface area contributed by atoms with Gasteiger partial charge in [0.05, 0.1) is 19.7 Å². The van der Waals surface area contributed by atoms with E-state index in [1.165, 1.54) is 5.56 Å². The number of carbonyl (C=O) groups excluding carboxylic acids is 1. The fraction of sp³-hybridized carbons (Fsp3) is 0.579. The monoisotopic (exact) mass is 360 g/mol. The topological polar surface area (TPSA) is 66.4 Å². The van der Waals surface area contributed by atoms with E-state index in [9.17, 15) is 4.79 Å². The molecule has 1 aromatic carbocycles. The predicted octanol–water partition coefficient (Wildman–Crippen LogP) is 2.08. The predicted molar refractivity (Wildman–Crippen MR) is 100 cm³/mol. The third kappa shape index (κ3) is 4.39. The molecule has 2 aliphatic rings. The van der Waals surface area contributed by atoms with Crippen LogP contribution in [0.3, 0.4) is 0 Å². The highest BCUT2D eigenvalue weighted by atomic mass is 16.6. The maximum Gasteiger partial charge on any atom is 0.410 e. The van der Waals surface area contributed by atoms with E-state index in [0.717, 1.165) is 18.3 Å². The summed E-state index contributed by atoms with van der Waals surface area (Å²) in [7, 11) is 1.66. The number of fused-ring (bicyclic) bond motifs is 1. The zero-order valence-electron chi connectivity index (χ0n) is 16.0. The Bertz CT molecular complexity index is 666. The van der Waals surface area contributed by atoms with Gasteiger partial charge < -0.3 is 24.6 Å². The molecule has 26 heavy (non-hydrogen) atoms. The van der Waals surface area contributed by atoms with Crippen LogP contribution >= 0.6 is 0 Å². The Balaban J connectivity index is 1.51. The number of piperazine rings is 1. The number of carbonyl (C=O) groups is 1. The molecule has 0 bridgehead atoms. The molecular weight excluding hydrogens is 332 g/mol. The number of amides is 1. The van der Waals surface area contributed by atoms with Gasteiger partial charge in [0.25, 0.3) is 0 Å². The minimum absolute atomic E-state index is 0.217. The van der Waals surface area contributed by atoms with Crippen LogP contribution in [-0.4, -0.2) is 66.8 Å². The molecule has 1 atom stereocenters. The van der Waals surface area contributed by atoms with Gasteiger partial charge in [0, 0.05) is 26.2 Å². The van der Waals surface area contributed by atoms with Gasteiger partial charge in [-0.2, -0.15) is 0 Å². The van der Waals surface area contributed by atoms with Crippen molar-refractivity contribution in [2.45, 2.75) is 39.0 Å². The lowest BCUT2D eigenvalue weighted by Gasteiger charge is -2.39. The maximum atomic E-state index is 12.3. The van der Waals surface area contributed by atoms with Crippen LogP contribution in [0.25, 0.3) is 0 Å². The molecule has 0 spiro atoms. The number of hydrogen-bond acceptors (Lipinski definition) is 6. The lowest BCUT2D eigenvalue weighted by atomic mass is 10.2. The summed E-state index contributed by atoms with van der Waals surface area (Å²) in [5, 5.41) is 3.42. The molecule has 1 amide bonds. The summed E-state index contributed by atoms with van der Waals surface area (Å²) in [5.41, 5.74) is 0.704. The molecular formula is C19H28N4O3. The second-order valence-corrected chi connectivity index (χ2v) is 7.64. The van der Waals surface area contributed by atoms with Crippen LogP contribution in [0.2, 0.25) is 0 Å². The summed E-state index contributed by atoms with van der Waals surface area (Å²) in [6.07, 6.45) is -0.239. The molecule has 7 nitrogen and oxygen atoms in total. The van der Waals surface area contributed by atoms with Crippen LogP contribution in [0, 0.1) is 0 Å². The van der Waals surface area contributed by atoms with E-state index >= 15 is 0 Å². The molecule has 1 N–H and O–H groups in total. The third-order valence-corrected chi connectivity index (χ3v) is 4.47. The molecule has 0 aliphatic carbocycles. The first-order valence-corrected chi connectivity index (χ1v) is 9.01. The van der Waals surface area contributed by atoms with Crippen molar-refractivity contribution < 1.29 is 14.3 Å². The molecule has 1 fully saturated rings. The number of ether oxygens (including phenoxy) is 2. The Hall–Kier alpha value is -2.44. The molecule has 142 valence electrons. The van der Waals surface area contributed by atoms with Gasteiger partial charge in [-0.3, -0.25) is 4.99 Å². The van der Waals surface area contributed by atoms with Crippen LogP contribution < -0.4 is 10.1 Å². The highest BCUT2D eigenvalue weighted by molar-refractivity contribution is 5.82. The van der Waals surface area contributed by atoms with Crippen LogP contribution in [0.15, 0.2) is 29.3 Å². The largest absolute Gasteiger partial charge is 0.497 e. The number of rotatable bonds is 3. The van der Waals surface area contributed by atoms with Gasteiger partial charge in [-0.15, -0.1) is 0 Å². The van der Waals surface area contributed by atoms with Gasteiger partial charge >= 0.3 is 6.09 Å². The van der Waals surface area contributed by atoms with Gasteiger partial charge in [0.15, 0.2) is 5.96 Å². The van der Waals surface area contributed by atoms with Crippen molar-refractivity contribution in [3.05, 3.63) is 29.8 Å². The fourth-order valence-corrected chi connectivity index (χ4v) is 3.15. The first-order valence-electron chi connectivity index (χ1n) is 9.01. The molecule has 1 aromatic rings. The standard InChI is InChI=1S/C19H28N4O3/c1-19(2,3)26-18(24)22-9-10-23-15(13-22)12-21-17(23)20-11-14-5-7-16(25-4)8-6-14/h5-8,15H,9-13H2,1-4H3,(H,20,21). The summed E-state index contributed by atoms with van der Waals surface area (Å²) in [4.78, 5) is 20.9. The molecule has 3 rings (SSSR count). The quantitative estimate of drug-likeness (QED) is 0.894. The summed E-state index contributed by atoms with van der Waals surface area (Å²) < 4.78 is 10.7. The Kier molecular flexibility index (Phi) is 5.25. The van der Waals surface area contributed by atoms with Crippen molar-refractivity contribution in [3.8, 4) is 5.75 Å². The van der Waals surface area contributed by atoms with Crippen molar-refractivity contribution in [1.82, 2.24) is 15.1 Å². The maximum absolute atomic E-state index is 12.3. The summed E-state index contributed by atoms with van der Waals surface area (Å²) in [6.45, 7) is 9.13. The average Bonchev–Trinajstić information content (AvgIpc) is 3.01. The van der Waals surface area contributed by atoms with Crippen molar-refractivity contribution in [3.63, 3.8) is 0 Å². The van der Waals surface area contributed by atoms with Gasteiger partial charge in [0.1, 0.15) is 11.4 Å². The van der Waals surface area contributed by atoms with E-state index < -0.39 is 5.60 Å². The number of methoxy groups -OCH3 is 1. The second-order valence-electron chi connectivity index (χ2n) is 7.64. The van der Waals surface area contributed by atoms with Gasteiger partial charge in [-0.25, -0.2) is 4.79 Å². The number of guanidine groups is 1. The second kappa shape index (κ2) is 7.43. The average molecular weight is 360 g/mol. The zero-order valence-corrected chi connectivity index (χ0v) is 16.0. The van der Waals surface area contributed by atoms with Crippen molar-refractivity contribution >= 4 is 12.1 Å². The smallest absolute Gasteiger partial charge is 0.410 e. The van der Waals surface area contributed by atoms with Crippen molar-refractivity contribution in [2.75, 3.05) is 33.3 Å². The highest BCUT2D eigenvalue weighted by Gasteiger charge is 2.36. The number of nitrogens with one attached hydrogen (secondary N) is 1. The molecule has 1 saturated heterocycles. The summed E-state index contributed by atoms with van der Waals surface area (Å²) in [6, 6.07) is 8.21. The fourth-order valence-electron chi connectivity index (χ4n) is 3.15. The van der Waals surface area contributed by atoms with Crippen LogP contribution in [0.1, 0.15) is 26.3 Å². The first-order chi connectivity index (χ1) is 12.4. The van der Waals surface area contributed by atoms with E-state index in [1.807, 2.05) is 45.0 Å². The van der Waals surface area contributed by atoms with E-state index in [2.05, 4.69) is 15.2 Å². The molecule has 2 heterocycles. The first kappa shape index (κ1) is 18.4. The Morgan fingerprint density at radius 3 is 2.65 bits per heavy atom. The summed E-state index contributed by atoms with van der Waals surface area (Å²) in [5.74, 6) is 1.76. The Morgan fingerprint density at radius 2 is 2.00 bits per heavy atom. The lowest BCUT2D eigenvalue weighted by Crippen LogP contribution is -2.57. The molecule has 0 radical (unpaired) electrons. The number of hydrogen-bond donors (Lipinski definition) is 1. The third-order valence-electron chi connectivity index (χ3n) is 4.47. The van der Waals surface area contributed by atoms with E-state index in [-0.39, 0.29) is 12.1 Å². The van der Waals surface area contributed by atoms with E-state index in [0.29, 0.717) is 26.2 Å². The van der Waals surface area contributed by atoms with Crippen molar-refractivity contribution in [2.24, 2.45) is 4.99 Å². The number of benzene rings is 1. The van der Waals surface area contributed by atoms with Crippen LogP contribution in [0.4, 0.5) is 4.79 Å². The van der Waals surface area contributed by atoms with Crippen LogP contribution in [0.5, 0.6) is 5.75 Å². The normalized spacial score (nSPS) is 19.7. The molecule has 7 heteroatoms. The number of nitrogens with zero attached hydrogens (tertiary/aromatic N) is 3. The molecule has 2 aliphatic heterocycles. The van der Waals surface area contributed by atoms with Crippen LogP contribution in [-0.2, 0) is 11.3 Å². The highest BCUT2D eigenvalue weighted by Crippen LogP contribution is 2.19. The Morgan fingerprint density at radius 1 is 1.27 bits per heavy atom. The SMILES string of the molecule is COc1ccc(CNC2=NCC3CN(C(=O)OC(C)(C)C)CCN23)cc1. The zero-order chi connectivity index (χ0) is 18.7. The van der Waals surface area contributed by atoms with E-state index in [4.69, 9.17) is 9.47 Å². The molecule has 0 aromatic heterocycles. The van der Waals surface area contributed by atoms with Gasteiger partial charge in [-0.1, -0.05) is 12.1 Å². The minimum Gasteiger partial charge on any atom is -0.497 e. The van der Waals surface area contributed by atoms with E-state index in [1.54, 1.807) is 12.0 Å². The number of aliphatic imine (C=N–C) groups is 1. The summed E-state index contributed by atoms with van der Waals surface area (Å²) >= 11 is 0. The molecule has 1 unspecified atom stereocenters. The van der Waals surface area contributed by atoms with Crippen molar-refractivity contribution in [1.29, 1.82) is 0 Å². The Labute approximate surface area is 155 Å². The minimum atomic E-state index is -0.467. The lowest BCUT2D eigenvalue weighted by molar-refractivity contribution is 0.0137.